The number of ether oxygens (including phenoxy) is 2. The van der Waals surface area contributed by atoms with Crippen molar-refractivity contribution in [3.05, 3.63) is 71.5 Å². The Labute approximate surface area is 154 Å². The Morgan fingerprint density at radius 3 is 2.70 bits per heavy atom. The summed E-state index contributed by atoms with van der Waals surface area (Å²) in [6.45, 7) is 0.168. The average Bonchev–Trinajstić information content (AvgIpc) is 3.35. The minimum Gasteiger partial charge on any atom is -0.478 e. The van der Waals surface area contributed by atoms with E-state index < -0.39 is 5.97 Å². The number of carboxylic acid groups (broad SMARTS) is 1. The maximum Gasteiger partial charge on any atom is 0.335 e. The molecule has 0 fully saturated rings. The molecule has 2 heterocycles. The smallest absolute Gasteiger partial charge is 0.335 e. The molecule has 3 aromatic rings. The Balaban J connectivity index is 1.65. The van der Waals surface area contributed by atoms with E-state index in [1.165, 1.54) is 12.1 Å². The Hall–Kier alpha value is -3.98. The van der Waals surface area contributed by atoms with E-state index in [1.54, 1.807) is 48.5 Å². The fourth-order valence-corrected chi connectivity index (χ4v) is 2.78. The fraction of sp³-hybridized carbons (Fsp3) is 0.0476. The lowest BCUT2D eigenvalue weighted by Gasteiger charge is -2.01. The van der Waals surface area contributed by atoms with Crippen molar-refractivity contribution < 1.29 is 23.8 Å². The molecule has 1 N–H and O–H groups in total. The molecule has 0 unspecified atom stereocenters. The lowest BCUT2D eigenvalue weighted by Crippen LogP contribution is -1.95. The summed E-state index contributed by atoms with van der Waals surface area (Å²) in [5.41, 5.74) is 1.93. The number of nitriles is 1. The minimum absolute atomic E-state index is 0.168. The SMILES string of the molecule is N#C/C(=C/c1ccc(-c2cccc(C(=O)O)c2)o1)c1ccc2c(c1)OCO2. The number of carboxylic acids is 1. The van der Waals surface area contributed by atoms with Gasteiger partial charge in [0.1, 0.15) is 11.5 Å². The minimum atomic E-state index is -1.00. The molecule has 0 aliphatic carbocycles. The van der Waals surface area contributed by atoms with Gasteiger partial charge in [0, 0.05) is 5.56 Å². The first-order valence-electron chi connectivity index (χ1n) is 8.09. The van der Waals surface area contributed by atoms with Gasteiger partial charge in [-0.2, -0.15) is 5.26 Å². The van der Waals surface area contributed by atoms with Crippen molar-refractivity contribution in [3.8, 4) is 28.9 Å². The number of benzene rings is 2. The van der Waals surface area contributed by atoms with Crippen LogP contribution in [-0.2, 0) is 0 Å². The van der Waals surface area contributed by atoms with Crippen molar-refractivity contribution in [2.24, 2.45) is 0 Å². The Morgan fingerprint density at radius 1 is 1.04 bits per heavy atom. The van der Waals surface area contributed by atoms with Crippen molar-refractivity contribution >= 4 is 17.6 Å². The summed E-state index contributed by atoms with van der Waals surface area (Å²) in [4.78, 5) is 11.1. The summed E-state index contributed by atoms with van der Waals surface area (Å²) in [6, 6.07) is 17.4. The van der Waals surface area contributed by atoms with E-state index in [4.69, 9.17) is 19.0 Å². The lowest BCUT2D eigenvalue weighted by atomic mass is 10.1. The molecule has 2 aromatic carbocycles. The maximum absolute atomic E-state index is 11.1. The molecule has 1 aliphatic heterocycles. The topological polar surface area (TPSA) is 92.7 Å². The number of hydrogen-bond donors (Lipinski definition) is 1. The molecular weight excluding hydrogens is 346 g/mol. The van der Waals surface area contributed by atoms with Gasteiger partial charge in [0.05, 0.1) is 17.2 Å². The zero-order valence-corrected chi connectivity index (χ0v) is 14.0. The highest BCUT2D eigenvalue weighted by molar-refractivity contribution is 5.90. The van der Waals surface area contributed by atoms with Gasteiger partial charge in [-0.1, -0.05) is 12.1 Å². The van der Waals surface area contributed by atoms with Crippen LogP contribution in [0, 0.1) is 11.3 Å². The number of aromatic carboxylic acids is 1. The van der Waals surface area contributed by atoms with Crippen LogP contribution in [0.4, 0.5) is 0 Å². The lowest BCUT2D eigenvalue weighted by molar-refractivity contribution is 0.0697. The molecule has 132 valence electrons. The van der Waals surface area contributed by atoms with Crippen LogP contribution in [0.5, 0.6) is 11.5 Å². The van der Waals surface area contributed by atoms with Crippen LogP contribution in [-0.4, -0.2) is 17.9 Å². The van der Waals surface area contributed by atoms with Gasteiger partial charge in [-0.25, -0.2) is 4.79 Å². The monoisotopic (exact) mass is 359 g/mol. The van der Waals surface area contributed by atoms with Gasteiger partial charge in [-0.3, -0.25) is 0 Å². The molecular formula is C21H13NO5. The van der Waals surface area contributed by atoms with Crippen LogP contribution in [0.1, 0.15) is 21.7 Å². The standard InChI is InChI=1S/C21H13NO5/c22-11-16(13-4-6-19-20(10-13)26-12-25-19)9-17-5-7-18(27-17)14-2-1-3-15(8-14)21(23)24/h1-10H,12H2,(H,23,24)/b16-9-. The van der Waals surface area contributed by atoms with Gasteiger partial charge in [0.25, 0.3) is 0 Å². The number of rotatable bonds is 4. The molecule has 4 rings (SSSR count). The number of allylic oxidation sites excluding steroid dienone is 1. The highest BCUT2D eigenvalue weighted by Gasteiger charge is 2.15. The molecule has 0 amide bonds. The van der Waals surface area contributed by atoms with Crippen molar-refractivity contribution in [1.82, 2.24) is 0 Å². The van der Waals surface area contributed by atoms with Gasteiger partial charge in [0.15, 0.2) is 11.5 Å². The number of fused-ring (bicyclic) bond motifs is 1. The first-order valence-corrected chi connectivity index (χ1v) is 8.09. The molecule has 27 heavy (non-hydrogen) atoms. The highest BCUT2D eigenvalue weighted by atomic mass is 16.7. The van der Waals surface area contributed by atoms with Crippen LogP contribution in [0.25, 0.3) is 23.0 Å². The first-order chi connectivity index (χ1) is 13.1. The molecule has 6 nitrogen and oxygen atoms in total. The van der Waals surface area contributed by atoms with Gasteiger partial charge >= 0.3 is 5.97 Å². The van der Waals surface area contributed by atoms with Gasteiger partial charge in [0.2, 0.25) is 6.79 Å². The molecule has 6 heteroatoms. The van der Waals surface area contributed by atoms with Crippen molar-refractivity contribution in [2.45, 2.75) is 0 Å². The van der Waals surface area contributed by atoms with E-state index in [0.717, 1.165) is 0 Å². The van der Waals surface area contributed by atoms with E-state index >= 15 is 0 Å². The summed E-state index contributed by atoms with van der Waals surface area (Å²) in [5.74, 6) is 1.25. The van der Waals surface area contributed by atoms with Crippen LogP contribution in [0.3, 0.4) is 0 Å². The fourth-order valence-electron chi connectivity index (χ4n) is 2.78. The summed E-state index contributed by atoms with van der Waals surface area (Å²) >= 11 is 0. The predicted molar refractivity (Wildman–Crippen MR) is 97.2 cm³/mol. The molecule has 0 radical (unpaired) electrons. The van der Waals surface area contributed by atoms with Crippen molar-refractivity contribution in [2.75, 3.05) is 6.79 Å². The molecule has 0 spiro atoms. The molecule has 1 aromatic heterocycles. The first kappa shape index (κ1) is 16.5. The maximum atomic E-state index is 11.1. The van der Waals surface area contributed by atoms with Crippen molar-refractivity contribution in [1.29, 1.82) is 5.26 Å². The van der Waals surface area contributed by atoms with Gasteiger partial charge in [-0.05, 0) is 54.1 Å². The number of carbonyl (C=O) groups is 1. The zero-order chi connectivity index (χ0) is 18.8. The Kier molecular flexibility index (Phi) is 4.11. The number of hydrogen-bond acceptors (Lipinski definition) is 5. The molecule has 0 bridgehead atoms. The molecule has 1 aliphatic rings. The van der Waals surface area contributed by atoms with E-state index in [9.17, 15) is 10.1 Å². The summed E-state index contributed by atoms with van der Waals surface area (Å²) < 4.78 is 16.4. The highest BCUT2D eigenvalue weighted by Crippen LogP contribution is 2.35. The van der Waals surface area contributed by atoms with Crippen LogP contribution in [0.15, 0.2) is 59.0 Å². The van der Waals surface area contributed by atoms with Crippen molar-refractivity contribution in [3.63, 3.8) is 0 Å². The normalized spacial score (nSPS) is 12.6. The van der Waals surface area contributed by atoms with Crippen LogP contribution in [0.2, 0.25) is 0 Å². The predicted octanol–water partition coefficient (Wildman–Crippen LogP) is 4.44. The number of nitrogens with zero attached hydrogens (tertiary/aromatic N) is 1. The summed E-state index contributed by atoms with van der Waals surface area (Å²) in [6.07, 6.45) is 1.63. The zero-order valence-electron chi connectivity index (χ0n) is 14.0. The van der Waals surface area contributed by atoms with Crippen LogP contribution >= 0.6 is 0 Å². The van der Waals surface area contributed by atoms with Gasteiger partial charge < -0.3 is 19.0 Å². The van der Waals surface area contributed by atoms with E-state index in [1.807, 2.05) is 0 Å². The third-order valence-electron chi connectivity index (χ3n) is 4.11. The third kappa shape index (κ3) is 3.26. The second kappa shape index (κ2) is 6.73. The summed E-state index contributed by atoms with van der Waals surface area (Å²) in [5, 5.41) is 18.6. The van der Waals surface area contributed by atoms with E-state index in [0.29, 0.717) is 39.7 Å². The molecule has 0 atom stereocenters. The largest absolute Gasteiger partial charge is 0.478 e. The Morgan fingerprint density at radius 2 is 1.89 bits per heavy atom. The van der Waals surface area contributed by atoms with E-state index in [2.05, 4.69) is 6.07 Å². The summed E-state index contributed by atoms with van der Waals surface area (Å²) in [7, 11) is 0. The Bertz CT molecular complexity index is 1100. The third-order valence-corrected chi connectivity index (χ3v) is 4.11. The number of furan rings is 1. The second-order valence-corrected chi connectivity index (χ2v) is 5.83. The van der Waals surface area contributed by atoms with E-state index in [-0.39, 0.29) is 12.4 Å². The molecule has 0 saturated heterocycles. The van der Waals surface area contributed by atoms with Gasteiger partial charge in [-0.15, -0.1) is 0 Å². The second-order valence-electron chi connectivity index (χ2n) is 5.83. The molecule has 0 saturated carbocycles. The average molecular weight is 359 g/mol. The quantitative estimate of drug-likeness (QED) is 0.692. The van der Waals surface area contributed by atoms with Crippen LogP contribution < -0.4 is 9.47 Å².